The summed E-state index contributed by atoms with van der Waals surface area (Å²) in [6.45, 7) is 6.64. The molecule has 1 amide bonds. The minimum Gasteiger partial charge on any atom is -0.370 e. The van der Waals surface area contributed by atoms with E-state index in [-0.39, 0.29) is 23.5 Å². The van der Waals surface area contributed by atoms with E-state index >= 15 is 0 Å². The van der Waals surface area contributed by atoms with Gasteiger partial charge < -0.3 is 9.80 Å². The van der Waals surface area contributed by atoms with Crippen LogP contribution in [0.3, 0.4) is 0 Å². The van der Waals surface area contributed by atoms with Crippen LogP contribution in [0.1, 0.15) is 43.5 Å². The predicted molar refractivity (Wildman–Crippen MR) is 98.6 cm³/mol. The van der Waals surface area contributed by atoms with Gasteiger partial charge in [0.25, 0.3) is 5.91 Å². The van der Waals surface area contributed by atoms with Crippen molar-refractivity contribution in [1.82, 2.24) is 9.88 Å². The fourth-order valence-corrected chi connectivity index (χ4v) is 5.47. The monoisotopic (exact) mass is 365 g/mol. The van der Waals surface area contributed by atoms with Gasteiger partial charge in [-0.05, 0) is 38.2 Å². The third-order valence-electron chi connectivity index (χ3n) is 5.37. The van der Waals surface area contributed by atoms with Crippen molar-refractivity contribution in [3.63, 3.8) is 0 Å². The average Bonchev–Trinajstić information content (AvgIpc) is 2.96. The standard InChI is InChI=1S/C18H27N3O3S/c1-3-21(16-6-9-25(23,24)13-16)18(22)15-10-17(12-19-11-15)20-7-4-14(2)5-8-20/h10-12,14,16H,3-9,13H2,1-2H3. The van der Waals surface area contributed by atoms with Crippen molar-refractivity contribution in [2.24, 2.45) is 5.92 Å². The maximum Gasteiger partial charge on any atom is 0.255 e. The van der Waals surface area contributed by atoms with Crippen LogP contribution in [0.5, 0.6) is 0 Å². The molecule has 3 rings (SSSR count). The molecule has 25 heavy (non-hydrogen) atoms. The third-order valence-corrected chi connectivity index (χ3v) is 7.12. The molecule has 6 nitrogen and oxygen atoms in total. The second-order valence-corrected chi connectivity index (χ2v) is 9.48. The molecule has 0 saturated carbocycles. The molecule has 0 N–H and O–H groups in total. The number of piperidine rings is 1. The Morgan fingerprint density at radius 3 is 2.60 bits per heavy atom. The van der Waals surface area contributed by atoms with Gasteiger partial charge in [0.1, 0.15) is 0 Å². The Bertz CT molecular complexity index is 727. The van der Waals surface area contributed by atoms with E-state index in [0.29, 0.717) is 18.5 Å². The third kappa shape index (κ3) is 4.14. The van der Waals surface area contributed by atoms with Gasteiger partial charge in [-0.2, -0.15) is 0 Å². The number of carbonyl (C=O) groups is 1. The van der Waals surface area contributed by atoms with Gasteiger partial charge in [0.15, 0.2) is 9.84 Å². The molecule has 138 valence electrons. The lowest BCUT2D eigenvalue weighted by Gasteiger charge is -2.32. The highest BCUT2D eigenvalue weighted by molar-refractivity contribution is 7.91. The van der Waals surface area contributed by atoms with Gasteiger partial charge >= 0.3 is 0 Å². The number of nitrogens with zero attached hydrogens (tertiary/aromatic N) is 3. The van der Waals surface area contributed by atoms with E-state index in [1.54, 1.807) is 11.1 Å². The molecule has 2 fully saturated rings. The highest BCUT2D eigenvalue weighted by atomic mass is 32.2. The second kappa shape index (κ2) is 7.32. The van der Waals surface area contributed by atoms with Gasteiger partial charge in [-0.1, -0.05) is 6.92 Å². The molecule has 2 aliphatic heterocycles. The Labute approximate surface area is 150 Å². The largest absolute Gasteiger partial charge is 0.370 e. The maximum absolute atomic E-state index is 12.9. The normalized spacial score (nSPS) is 23.6. The molecule has 1 aromatic heterocycles. The fraction of sp³-hybridized carbons (Fsp3) is 0.667. The molecule has 2 saturated heterocycles. The van der Waals surface area contributed by atoms with Gasteiger partial charge in [-0.25, -0.2) is 8.42 Å². The molecular weight excluding hydrogens is 338 g/mol. The van der Waals surface area contributed by atoms with E-state index in [0.717, 1.165) is 37.5 Å². The minimum absolute atomic E-state index is 0.0731. The Morgan fingerprint density at radius 1 is 1.28 bits per heavy atom. The van der Waals surface area contributed by atoms with Crippen molar-refractivity contribution < 1.29 is 13.2 Å². The topological polar surface area (TPSA) is 70.6 Å². The zero-order valence-corrected chi connectivity index (χ0v) is 15.8. The molecule has 1 atom stereocenters. The number of anilines is 1. The van der Waals surface area contributed by atoms with Crippen molar-refractivity contribution in [3.8, 4) is 0 Å². The number of rotatable bonds is 4. The van der Waals surface area contributed by atoms with Crippen LogP contribution in [0.2, 0.25) is 0 Å². The van der Waals surface area contributed by atoms with Crippen molar-refractivity contribution in [1.29, 1.82) is 0 Å². The highest BCUT2D eigenvalue weighted by Gasteiger charge is 2.34. The quantitative estimate of drug-likeness (QED) is 0.816. The summed E-state index contributed by atoms with van der Waals surface area (Å²) in [5, 5.41) is 0. The van der Waals surface area contributed by atoms with E-state index in [4.69, 9.17) is 0 Å². The number of carbonyl (C=O) groups excluding carboxylic acids is 1. The van der Waals surface area contributed by atoms with Gasteiger partial charge in [0.2, 0.25) is 0 Å². The summed E-state index contributed by atoms with van der Waals surface area (Å²) in [5.74, 6) is 0.869. The molecule has 0 bridgehead atoms. The summed E-state index contributed by atoms with van der Waals surface area (Å²) in [6.07, 6.45) is 6.23. The summed E-state index contributed by atoms with van der Waals surface area (Å²) in [6, 6.07) is 1.68. The number of sulfone groups is 1. The van der Waals surface area contributed by atoms with E-state index in [9.17, 15) is 13.2 Å². The molecule has 3 heterocycles. The summed E-state index contributed by atoms with van der Waals surface area (Å²) < 4.78 is 23.5. The van der Waals surface area contributed by atoms with E-state index in [1.807, 2.05) is 19.2 Å². The number of amides is 1. The Hall–Kier alpha value is -1.63. The van der Waals surface area contributed by atoms with Crippen molar-refractivity contribution in [3.05, 3.63) is 24.0 Å². The zero-order chi connectivity index (χ0) is 18.0. The Kier molecular flexibility index (Phi) is 5.32. The molecule has 2 aliphatic rings. The molecule has 0 aliphatic carbocycles. The van der Waals surface area contributed by atoms with Crippen LogP contribution in [0.15, 0.2) is 18.5 Å². The molecule has 1 aromatic rings. The first kappa shape index (κ1) is 18.2. The fourth-order valence-electron chi connectivity index (χ4n) is 3.74. The van der Waals surface area contributed by atoms with Gasteiger partial charge in [0.05, 0.1) is 29.0 Å². The van der Waals surface area contributed by atoms with E-state index in [2.05, 4.69) is 16.8 Å². The van der Waals surface area contributed by atoms with Crippen LogP contribution in [-0.4, -0.2) is 61.4 Å². The smallest absolute Gasteiger partial charge is 0.255 e. The van der Waals surface area contributed by atoms with Crippen molar-refractivity contribution >= 4 is 21.4 Å². The van der Waals surface area contributed by atoms with Gasteiger partial charge in [-0.3, -0.25) is 9.78 Å². The summed E-state index contributed by atoms with van der Waals surface area (Å²) in [5.41, 5.74) is 1.52. The summed E-state index contributed by atoms with van der Waals surface area (Å²) in [4.78, 5) is 21.2. The minimum atomic E-state index is -3.01. The van der Waals surface area contributed by atoms with E-state index < -0.39 is 9.84 Å². The molecule has 1 unspecified atom stereocenters. The molecular formula is C18H27N3O3S. The number of hydrogen-bond donors (Lipinski definition) is 0. The van der Waals surface area contributed by atoms with E-state index in [1.165, 1.54) is 0 Å². The number of pyridine rings is 1. The first-order valence-corrected chi connectivity index (χ1v) is 10.9. The molecule has 0 spiro atoms. The SMILES string of the molecule is CCN(C(=O)c1cncc(N2CCC(C)CC2)c1)C1CCS(=O)(=O)C1. The van der Waals surface area contributed by atoms with Crippen LogP contribution >= 0.6 is 0 Å². The van der Waals surface area contributed by atoms with Crippen molar-refractivity contribution in [2.45, 2.75) is 39.2 Å². The lowest BCUT2D eigenvalue weighted by molar-refractivity contribution is 0.0708. The summed E-state index contributed by atoms with van der Waals surface area (Å²) in [7, 11) is -3.01. The van der Waals surface area contributed by atoms with Crippen LogP contribution in [0.25, 0.3) is 0 Å². The zero-order valence-electron chi connectivity index (χ0n) is 15.0. The Morgan fingerprint density at radius 2 is 2.00 bits per heavy atom. The van der Waals surface area contributed by atoms with Crippen LogP contribution in [0, 0.1) is 5.92 Å². The first-order valence-electron chi connectivity index (χ1n) is 9.11. The van der Waals surface area contributed by atoms with Crippen molar-refractivity contribution in [2.75, 3.05) is 36.0 Å². The Balaban J connectivity index is 1.76. The molecule has 0 radical (unpaired) electrons. The second-order valence-electron chi connectivity index (χ2n) is 7.25. The van der Waals surface area contributed by atoms with Crippen LogP contribution in [0.4, 0.5) is 5.69 Å². The number of hydrogen-bond acceptors (Lipinski definition) is 5. The van der Waals surface area contributed by atoms with Crippen LogP contribution < -0.4 is 4.90 Å². The van der Waals surface area contributed by atoms with Gasteiger partial charge in [-0.15, -0.1) is 0 Å². The lowest BCUT2D eigenvalue weighted by Crippen LogP contribution is -2.41. The first-order chi connectivity index (χ1) is 11.9. The average molecular weight is 365 g/mol. The van der Waals surface area contributed by atoms with Gasteiger partial charge in [0, 0.05) is 31.9 Å². The number of aromatic nitrogens is 1. The lowest BCUT2D eigenvalue weighted by atomic mass is 9.99. The molecule has 0 aromatic carbocycles. The molecule has 7 heteroatoms. The predicted octanol–water partition coefficient (Wildman–Crippen LogP) is 1.97. The maximum atomic E-state index is 12.9. The highest BCUT2D eigenvalue weighted by Crippen LogP contribution is 2.24. The van der Waals surface area contributed by atoms with Crippen LogP contribution in [-0.2, 0) is 9.84 Å². The summed E-state index contributed by atoms with van der Waals surface area (Å²) >= 11 is 0.